The van der Waals surface area contributed by atoms with Gasteiger partial charge in [0.2, 0.25) is 0 Å². The Morgan fingerprint density at radius 2 is 1.40 bits per heavy atom. The maximum atomic E-state index is 2.17. The lowest BCUT2D eigenvalue weighted by molar-refractivity contribution is -0.671. The van der Waals surface area contributed by atoms with Crippen LogP contribution in [0.2, 0.25) is 0 Å². The zero-order valence-corrected chi connectivity index (χ0v) is 9.09. The van der Waals surface area contributed by atoms with E-state index in [1.165, 1.54) is 11.4 Å². The number of aryl methyl sites for hydroxylation is 1. The van der Waals surface area contributed by atoms with Crippen LogP contribution in [0.15, 0.2) is 54.9 Å². The SMILES string of the molecule is CN(c1ccccc1)c1cc[n+](C)cc1. The molecule has 0 N–H and O–H groups in total. The third-order valence-corrected chi connectivity index (χ3v) is 2.49. The van der Waals surface area contributed by atoms with E-state index in [2.05, 4.69) is 60.7 Å². The van der Waals surface area contributed by atoms with Crippen molar-refractivity contribution in [3.8, 4) is 0 Å². The van der Waals surface area contributed by atoms with Crippen molar-refractivity contribution in [2.75, 3.05) is 11.9 Å². The van der Waals surface area contributed by atoms with Crippen LogP contribution in [0, 0.1) is 0 Å². The molecule has 0 aliphatic rings. The highest BCUT2D eigenvalue weighted by Gasteiger charge is 2.03. The Bertz CT molecular complexity index is 420. The first-order chi connectivity index (χ1) is 7.27. The molecule has 0 atom stereocenters. The van der Waals surface area contributed by atoms with Crippen LogP contribution < -0.4 is 9.47 Å². The maximum absolute atomic E-state index is 2.17. The first-order valence-corrected chi connectivity index (χ1v) is 5.01. The smallest absolute Gasteiger partial charge is 0.170 e. The Morgan fingerprint density at radius 3 is 2.00 bits per heavy atom. The lowest BCUT2D eigenvalue weighted by Crippen LogP contribution is -2.26. The van der Waals surface area contributed by atoms with Gasteiger partial charge in [-0.15, -0.1) is 0 Å². The monoisotopic (exact) mass is 199 g/mol. The van der Waals surface area contributed by atoms with Gasteiger partial charge in [-0.25, -0.2) is 4.57 Å². The van der Waals surface area contributed by atoms with Gasteiger partial charge in [-0.3, -0.25) is 0 Å². The van der Waals surface area contributed by atoms with E-state index < -0.39 is 0 Å². The number of pyridine rings is 1. The van der Waals surface area contributed by atoms with Gasteiger partial charge in [-0.05, 0) is 12.1 Å². The summed E-state index contributed by atoms with van der Waals surface area (Å²) in [4.78, 5) is 2.17. The van der Waals surface area contributed by atoms with Crippen molar-refractivity contribution in [2.24, 2.45) is 7.05 Å². The highest BCUT2D eigenvalue weighted by Crippen LogP contribution is 2.21. The number of hydrogen-bond donors (Lipinski definition) is 0. The van der Waals surface area contributed by atoms with Crippen LogP contribution in [-0.2, 0) is 7.05 Å². The second-order valence-corrected chi connectivity index (χ2v) is 3.62. The highest BCUT2D eigenvalue weighted by atomic mass is 15.1. The second-order valence-electron chi connectivity index (χ2n) is 3.62. The Balaban J connectivity index is 2.29. The molecule has 2 nitrogen and oxygen atoms in total. The third-order valence-electron chi connectivity index (χ3n) is 2.49. The molecule has 2 aromatic rings. The zero-order valence-electron chi connectivity index (χ0n) is 9.09. The van der Waals surface area contributed by atoms with E-state index in [0.29, 0.717) is 0 Å². The van der Waals surface area contributed by atoms with Gasteiger partial charge in [-0.1, -0.05) is 18.2 Å². The Morgan fingerprint density at radius 1 is 0.867 bits per heavy atom. The Hall–Kier alpha value is -1.83. The average molecular weight is 199 g/mol. The molecule has 15 heavy (non-hydrogen) atoms. The van der Waals surface area contributed by atoms with E-state index in [1.807, 2.05) is 17.7 Å². The highest BCUT2D eigenvalue weighted by molar-refractivity contribution is 5.61. The van der Waals surface area contributed by atoms with Crippen molar-refractivity contribution in [3.05, 3.63) is 54.9 Å². The fraction of sp³-hybridized carbons (Fsp3) is 0.154. The van der Waals surface area contributed by atoms with E-state index in [1.54, 1.807) is 0 Å². The van der Waals surface area contributed by atoms with E-state index >= 15 is 0 Å². The summed E-state index contributed by atoms with van der Waals surface area (Å²) in [6.45, 7) is 0. The second kappa shape index (κ2) is 4.13. The maximum Gasteiger partial charge on any atom is 0.170 e. The largest absolute Gasteiger partial charge is 0.344 e. The fourth-order valence-electron chi connectivity index (χ4n) is 1.52. The molecule has 1 heterocycles. The van der Waals surface area contributed by atoms with Crippen molar-refractivity contribution >= 4 is 11.4 Å². The number of nitrogens with zero attached hydrogens (tertiary/aromatic N) is 2. The van der Waals surface area contributed by atoms with Crippen LogP contribution in [0.4, 0.5) is 11.4 Å². The molecule has 2 heteroatoms. The van der Waals surface area contributed by atoms with Crippen molar-refractivity contribution in [3.63, 3.8) is 0 Å². The van der Waals surface area contributed by atoms with Crippen LogP contribution in [0.3, 0.4) is 0 Å². The molecule has 0 saturated carbocycles. The third kappa shape index (κ3) is 2.15. The molecule has 0 aliphatic heterocycles. The molecule has 0 bridgehead atoms. The van der Waals surface area contributed by atoms with E-state index in [9.17, 15) is 0 Å². The molecule has 0 aliphatic carbocycles. The number of rotatable bonds is 2. The van der Waals surface area contributed by atoms with Crippen LogP contribution in [0.25, 0.3) is 0 Å². The van der Waals surface area contributed by atoms with Crippen LogP contribution >= 0.6 is 0 Å². The van der Waals surface area contributed by atoms with Gasteiger partial charge in [0.05, 0.1) is 5.69 Å². The van der Waals surface area contributed by atoms with Crippen LogP contribution in [-0.4, -0.2) is 7.05 Å². The summed E-state index contributed by atoms with van der Waals surface area (Å²) in [6.07, 6.45) is 4.10. The number of anilines is 2. The lowest BCUT2D eigenvalue weighted by atomic mass is 10.2. The van der Waals surface area contributed by atoms with Gasteiger partial charge in [0.1, 0.15) is 7.05 Å². The Labute approximate surface area is 90.4 Å². The van der Waals surface area contributed by atoms with Crippen molar-refractivity contribution in [1.82, 2.24) is 0 Å². The predicted octanol–water partition coefficient (Wildman–Crippen LogP) is 2.28. The lowest BCUT2D eigenvalue weighted by Gasteiger charge is -2.18. The summed E-state index contributed by atoms with van der Waals surface area (Å²) in [5, 5.41) is 0. The number of para-hydroxylation sites is 1. The molecule has 1 aromatic carbocycles. The summed E-state index contributed by atoms with van der Waals surface area (Å²) in [6, 6.07) is 14.5. The topological polar surface area (TPSA) is 7.12 Å². The molecular formula is C13H15N2+. The van der Waals surface area contributed by atoms with Crippen molar-refractivity contribution in [1.29, 1.82) is 0 Å². The minimum atomic E-state index is 1.19. The minimum absolute atomic E-state index is 1.19. The first kappa shape index (κ1) is 9.71. The zero-order chi connectivity index (χ0) is 10.7. The van der Waals surface area contributed by atoms with E-state index in [4.69, 9.17) is 0 Å². The normalized spacial score (nSPS) is 10.0. The molecule has 0 saturated heterocycles. The molecular weight excluding hydrogens is 184 g/mol. The molecule has 76 valence electrons. The Kier molecular flexibility index (Phi) is 2.68. The van der Waals surface area contributed by atoms with Crippen molar-refractivity contribution < 1.29 is 4.57 Å². The van der Waals surface area contributed by atoms with E-state index in [0.717, 1.165) is 0 Å². The summed E-state index contributed by atoms with van der Waals surface area (Å²) in [5.74, 6) is 0. The van der Waals surface area contributed by atoms with Crippen LogP contribution in [0.1, 0.15) is 0 Å². The van der Waals surface area contributed by atoms with Gasteiger partial charge < -0.3 is 4.90 Å². The molecule has 0 radical (unpaired) electrons. The molecule has 0 spiro atoms. The molecule has 2 rings (SSSR count). The number of hydrogen-bond acceptors (Lipinski definition) is 1. The van der Waals surface area contributed by atoms with Gasteiger partial charge >= 0.3 is 0 Å². The first-order valence-electron chi connectivity index (χ1n) is 5.01. The van der Waals surface area contributed by atoms with Gasteiger partial charge in [0.25, 0.3) is 0 Å². The van der Waals surface area contributed by atoms with Gasteiger partial charge in [-0.2, -0.15) is 0 Å². The summed E-state index contributed by atoms with van der Waals surface area (Å²) < 4.78 is 2.03. The van der Waals surface area contributed by atoms with Gasteiger partial charge in [0.15, 0.2) is 12.4 Å². The molecule has 0 amide bonds. The van der Waals surface area contributed by atoms with Crippen LogP contribution in [0.5, 0.6) is 0 Å². The number of benzene rings is 1. The van der Waals surface area contributed by atoms with E-state index in [-0.39, 0.29) is 0 Å². The average Bonchev–Trinajstić information content (AvgIpc) is 2.30. The molecule has 0 fully saturated rings. The van der Waals surface area contributed by atoms with Gasteiger partial charge in [0, 0.05) is 24.9 Å². The summed E-state index contributed by atoms with van der Waals surface area (Å²) in [5.41, 5.74) is 2.39. The number of aromatic nitrogens is 1. The molecule has 1 aromatic heterocycles. The van der Waals surface area contributed by atoms with Crippen molar-refractivity contribution in [2.45, 2.75) is 0 Å². The fourth-order valence-corrected chi connectivity index (χ4v) is 1.52. The minimum Gasteiger partial charge on any atom is -0.344 e. The predicted molar refractivity (Wildman–Crippen MR) is 62.1 cm³/mol. The quantitative estimate of drug-likeness (QED) is 0.673. The summed E-state index contributed by atoms with van der Waals surface area (Å²) >= 11 is 0. The standard InChI is InChI=1S/C13H15N2/c1-14-10-8-13(9-11-14)15(2)12-6-4-3-5-7-12/h3-11H,1-2H3/q+1. The summed E-state index contributed by atoms with van der Waals surface area (Å²) in [7, 11) is 4.09. The molecule has 0 unspecified atom stereocenters.